The molecule has 1 aromatic carbocycles. The Hall–Kier alpha value is -1.84. The number of nitrogens with one attached hydrogen (secondary N) is 1. The summed E-state index contributed by atoms with van der Waals surface area (Å²) >= 11 is 0. The zero-order valence-electron chi connectivity index (χ0n) is 15.0. The molecule has 1 aromatic rings. The fourth-order valence-corrected chi connectivity index (χ4v) is 3.50. The number of piperidine rings is 1. The van der Waals surface area contributed by atoms with Gasteiger partial charge in [0.1, 0.15) is 0 Å². The highest BCUT2D eigenvalue weighted by Gasteiger charge is 2.24. The molecule has 0 radical (unpaired) electrons. The van der Waals surface area contributed by atoms with Gasteiger partial charge in [0.15, 0.2) is 0 Å². The normalized spacial score (nSPS) is 20.7. The van der Waals surface area contributed by atoms with Crippen molar-refractivity contribution in [2.45, 2.75) is 46.0 Å². The molecule has 1 N–H and O–H groups in total. The molecule has 2 unspecified atom stereocenters. The molecule has 1 aliphatic rings. The second-order valence-corrected chi connectivity index (χ2v) is 7.18. The zero-order chi connectivity index (χ0) is 17.4. The summed E-state index contributed by atoms with van der Waals surface area (Å²) in [6, 6.07) is 9.26. The van der Waals surface area contributed by atoms with Crippen molar-refractivity contribution >= 4 is 11.8 Å². The van der Waals surface area contributed by atoms with Gasteiger partial charge in [0.2, 0.25) is 5.91 Å². The van der Waals surface area contributed by atoms with Crippen molar-refractivity contribution in [3.05, 3.63) is 35.9 Å². The van der Waals surface area contributed by atoms with Crippen LogP contribution in [0.2, 0.25) is 0 Å². The lowest BCUT2D eigenvalue weighted by atomic mass is 9.91. The molecule has 24 heavy (non-hydrogen) atoms. The predicted octanol–water partition coefficient (Wildman–Crippen LogP) is 3.48. The number of unbranched alkanes of at least 4 members (excludes halogenated alkanes) is 2. The molecular formula is C20H30N2O2. The molecule has 0 spiro atoms. The van der Waals surface area contributed by atoms with Crippen LogP contribution in [0.15, 0.2) is 30.3 Å². The van der Waals surface area contributed by atoms with E-state index in [1.165, 1.54) is 6.42 Å². The van der Waals surface area contributed by atoms with Gasteiger partial charge in [-0.3, -0.25) is 9.59 Å². The molecule has 0 aromatic heterocycles. The number of nitrogens with zero attached hydrogens (tertiary/aromatic N) is 1. The van der Waals surface area contributed by atoms with E-state index in [2.05, 4.69) is 19.2 Å². The number of amides is 2. The van der Waals surface area contributed by atoms with Crippen LogP contribution in [-0.2, 0) is 4.79 Å². The van der Waals surface area contributed by atoms with Crippen LogP contribution in [0.3, 0.4) is 0 Å². The van der Waals surface area contributed by atoms with Crippen molar-refractivity contribution in [1.29, 1.82) is 0 Å². The Balaban J connectivity index is 1.56. The van der Waals surface area contributed by atoms with Gasteiger partial charge in [-0.25, -0.2) is 0 Å². The SMILES string of the molecule is CC1CC(C)CN(C(=O)CCCCCNC(=O)c2ccccc2)C1. The highest BCUT2D eigenvalue weighted by molar-refractivity contribution is 5.94. The van der Waals surface area contributed by atoms with Crippen LogP contribution in [0.1, 0.15) is 56.3 Å². The second-order valence-electron chi connectivity index (χ2n) is 7.18. The maximum Gasteiger partial charge on any atom is 0.251 e. The van der Waals surface area contributed by atoms with Crippen LogP contribution < -0.4 is 5.32 Å². The molecule has 2 amide bonds. The first-order valence-corrected chi connectivity index (χ1v) is 9.17. The van der Waals surface area contributed by atoms with E-state index in [9.17, 15) is 9.59 Å². The summed E-state index contributed by atoms with van der Waals surface area (Å²) < 4.78 is 0. The lowest BCUT2D eigenvalue weighted by Crippen LogP contribution is -2.42. The minimum atomic E-state index is -0.0250. The molecule has 2 atom stereocenters. The highest BCUT2D eigenvalue weighted by atomic mass is 16.2. The molecule has 4 nitrogen and oxygen atoms in total. The number of hydrogen-bond acceptors (Lipinski definition) is 2. The fourth-order valence-electron chi connectivity index (χ4n) is 3.50. The van der Waals surface area contributed by atoms with E-state index in [1.807, 2.05) is 35.2 Å². The number of benzene rings is 1. The van der Waals surface area contributed by atoms with Crippen molar-refractivity contribution < 1.29 is 9.59 Å². The first kappa shape index (κ1) is 18.5. The van der Waals surface area contributed by atoms with Gasteiger partial charge in [0.25, 0.3) is 5.91 Å². The molecular weight excluding hydrogens is 300 g/mol. The molecule has 2 rings (SSSR count). The van der Waals surface area contributed by atoms with Crippen LogP contribution in [0.5, 0.6) is 0 Å². The summed E-state index contributed by atoms with van der Waals surface area (Å²) in [6.07, 6.45) is 4.65. The molecule has 132 valence electrons. The molecule has 0 aliphatic carbocycles. The van der Waals surface area contributed by atoms with E-state index in [0.29, 0.717) is 36.3 Å². The minimum absolute atomic E-state index is 0.0250. The maximum atomic E-state index is 12.3. The van der Waals surface area contributed by atoms with E-state index in [1.54, 1.807) is 0 Å². The van der Waals surface area contributed by atoms with Crippen LogP contribution in [0, 0.1) is 11.8 Å². The third kappa shape index (κ3) is 5.99. The lowest BCUT2D eigenvalue weighted by molar-refractivity contribution is -0.134. The van der Waals surface area contributed by atoms with Gasteiger partial charge in [0.05, 0.1) is 0 Å². The van der Waals surface area contributed by atoms with Crippen molar-refractivity contribution in [1.82, 2.24) is 10.2 Å². The Morgan fingerprint density at radius 2 is 1.71 bits per heavy atom. The number of hydrogen-bond donors (Lipinski definition) is 1. The van der Waals surface area contributed by atoms with Crippen molar-refractivity contribution in [2.24, 2.45) is 11.8 Å². The van der Waals surface area contributed by atoms with Gasteiger partial charge < -0.3 is 10.2 Å². The second kappa shape index (κ2) is 9.45. The van der Waals surface area contributed by atoms with Crippen molar-refractivity contribution in [2.75, 3.05) is 19.6 Å². The van der Waals surface area contributed by atoms with Crippen LogP contribution in [0.25, 0.3) is 0 Å². The predicted molar refractivity (Wildman–Crippen MR) is 96.8 cm³/mol. The molecule has 1 heterocycles. The van der Waals surface area contributed by atoms with E-state index in [-0.39, 0.29) is 5.91 Å². The first-order valence-electron chi connectivity index (χ1n) is 9.17. The molecule has 4 heteroatoms. The third-order valence-corrected chi connectivity index (χ3v) is 4.61. The molecule has 0 bridgehead atoms. The smallest absolute Gasteiger partial charge is 0.251 e. The summed E-state index contributed by atoms with van der Waals surface area (Å²) in [5, 5.41) is 2.93. The molecule has 0 saturated carbocycles. The summed E-state index contributed by atoms with van der Waals surface area (Å²) in [7, 11) is 0. The van der Waals surface area contributed by atoms with Gasteiger partial charge >= 0.3 is 0 Å². The largest absolute Gasteiger partial charge is 0.352 e. The number of carbonyl (C=O) groups is 2. The van der Waals surface area contributed by atoms with Gasteiger partial charge in [-0.15, -0.1) is 0 Å². The number of rotatable bonds is 7. The average molecular weight is 330 g/mol. The fraction of sp³-hybridized carbons (Fsp3) is 0.600. The Morgan fingerprint density at radius 3 is 2.38 bits per heavy atom. The summed E-state index contributed by atoms with van der Waals surface area (Å²) in [5.74, 6) is 1.50. The third-order valence-electron chi connectivity index (χ3n) is 4.61. The molecule has 1 saturated heterocycles. The summed E-state index contributed by atoms with van der Waals surface area (Å²) in [5.41, 5.74) is 0.695. The van der Waals surface area contributed by atoms with Crippen LogP contribution in [-0.4, -0.2) is 36.3 Å². The standard InChI is InChI=1S/C20H30N2O2/c1-16-13-17(2)15-22(14-16)19(23)11-7-4-8-12-21-20(24)18-9-5-3-6-10-18/h3,5-6,9-10,16-17H,4,7-8,11-15H2,1-2H3,(H,21,24). The van der Waals surface area contributed by atoms with Crippen molar-refractivity contribution in [3.63, 3.8) is 0 Å². The van der Waals surface area contributed by atoms with E-state index in [4.69, 9.17) is 0 Å². The van der Waals surface area contributed by atoms with E-state index < -0.39 is 0 Å². The molecule has 1 aliphatic heterocycles. The quantitative estimate of drug-likeness (QED) is 0.778. The number of likely N-dealkylation sites (tertiary alicyclic amines) is 1. The molecule has 1 fully saturated rings. The maximum absolute atomic E-state index is 12.3. The highest BCUT2D eigenvalue weighted by Crippen LogP contribution is 2.21. The van der Waals surface area contributed by atoms with E-state index >= 15 is 0 Å². The Kier molecular flexibility index (Phi) is 7.29. The van der Waals surface area contributed by atoms with Crippen molar-refractivity contribution in [3.8, 4) is 0 Å². The van der Waals surface area contributed by atoms with E-state index in [0.717, 1.165) is 32.4 Å². The summed E-state index contributed by atoms with van der Waals surface area (Å²) in [6.45, 7) is 6.95. The Morgan fingerprint density at radius 1 is 1.04 bits per heavy atom. The van der Waals surface area contributed by atoms with Gasteiger partial charge in [-0.1, -0.05) is 38.5 Å². The summed E-state index contributed by atoms with van der Waals surface area (Å²) in [4.78, 5) is 26.2. The van der Waals surface area contributed by atoms with Gasteiger partial charge in [-0.2, -0.15) is 0 Å². The average Bonchev–Trinajstić information content (AvgIpc) is 2.57. The lowest BCUT2D eigenvalue weighted by Gasteiger charge is -2.35. The Bertz CT molecular complexity index is 520. The van der Waals surface area contributed by atoms with Gasteiger partial charge in [-0.05, 0) is 43.2 Å². The number of carbonyl (C=O) groups excluding carboxylic acids is 2. The van der Waals surface area contributed by atoms with Crippen LogP contribution in [0.4, 0.5) is 0 Å². The minimum Gasteiger partial charge on any atom is -0.352 e. The Labute approximate surface area is 145 Å². The van der Waals surface area contributed by atoms with Crippen LogP contribution >= 0.6 is 0 Å². The van der Waals surface area contributed by atoms with Gasteiger partial charge in [0, 0.05) is 31.6 Å². The topological polar surface area (TPSA) is 49.4 Å². The first-order chi connectivity index (χ1) is 11.6. The zero-order valence-corrected chi connectivity index (χ0v) is 15.0. The monoisotopic (exact) mass is 330 g/mol.